The fourth-order valence-electron chi connectivity index (χ4n) is 2.96. The standard InChI is InChI=1S/C24H47ClO10/c1-2-3-5-32-21-24(35-20-19-31-8-7-26-6-4-25)22-33-17-15-29-13-11-27-9-10-28-12-14-30-16-18-34-23-24/h2-23H2,1H3. The van der Waals surface area contributed by atoms with Gasteiger partial charge in [-0.25, -0.2) is 0 Å². The van der Waals surface area contributed by atoms with E-state index in [0.29, 0.717) is 131 Å². The second kappa shape index (κ2) is 25.5. The highest BCUT2D eigenvalue weighted by Crippen LogP contribution is 2.15. The van der Waals surface area contributed by atoms with Gasteiger partial charge in [-0.1, -0.05) is 13.3 Å². The van der Waals surface area contributed by atoms with Gasteiger partial charge >= 0.3 is 0 Å². The fourth-order valence-corrected chi connectivity index (χ4v) is 3.07. The van der Waals surface area contributed by atoms with Gasteiger partial charge in [-0.2, -0.15) is 0 Å². The van der Waals surface area contributed by atoms with E-state index in [-0.39, 0.29) is 0 Å². The van der Waals surface area contributed by atoms with Crippen LogP contribution in [-0.4, -0.2) is 137 Å². The summed E-state index contributed by atoms with van der Waals surface area (Å²) in [6.07, 6.45) is 2.04. The zero-order chi connectivity index (χ0) is 25.1. The van der Waals surface area contributed by atoms with Gasteiger partial charge in [0.25, 0.3) is 0 Å². The van der Waals surface area contributed by atoms with Crippen LogP contribution >= 0.6 is 11.6 Å². The Balaban J connectivity index is 2.57. The minimum atomic E-state index is -0.763. The highest BCUT2D eigenvalue weighted by molar-refractivity contribution is 6.17. The molecule has 0 bridgehead atoms. The third-order valence-corrected chi connectivity index (χ3v) is 4.98. The summed E-state index contributed by atoms with van der Waals surface area (Å²) in [5, 5.41) is 0. The molecule has 0 amide bonds. The van der Waals surface area contributed by atoms with E-state index in [1.54, 1.807) is 0 Å². The lowest BCUT2D eigenvalue weighted by Gasteiger charge is -2.33. The number of unbranched alkanes of at least 4 members (excludes halogenated alkanes) is 1. The molecule has 1 aliphatic rings. The summed E-state index contributed by atoms with van der Waals surface area (Å²) in [6.45, 7) is 11.0. The van der Waals surface area contributed by atoms with Crippen molar-refractivity contribution in [2.24, 2.45) is 0 Å². The topological polar surface area (TPSA) is 92.3 Å². The molecule has 1 fully saturated rings. The predicted octanol–water partition coefficient (Wildman–Crippen LogP) is 1.94. The number of alkyl halides is 1. The van der Waals surface area contributed by atoms with Crippen molar-refractivity contribution in [1.82, 2.24) is 0 Å². The highest BCUT2D eigenvalue weighted by Gasteiger charge is 2.33. The zero-order valence-electron chi connectivity index (χ0n) is 21.5. The maximum absolute atomic E-state index is 6.25. The molecule has 0 saturated carbocycles. The van der Waals surface area contributed by atoms with Crippen LogP contribution in [0.4, 0.5) is 0 Å². The minimum Gasteiger partial charge on any atom is -0.378 e. The van der Waals surface area contributed by atoms with Crippen LogP contribution < -0.4 is 0 Å². The molecule has 0 aromatic heterocycles. The van der Waals surface area contributed by atoms with Gasteiger partial charge in [0.2, 0.25) is 0 Å². The molecule has 35 heavy (non-hydrogen) atoms. The van der Waals surface area contributed by atoms with Crippen LogP contribution in [0.3, 0.4) is 0 Å². The molecular weight excluding hydrogens is 484 g/mol. The molecular formula is C24H47ClO10. The van der Waals surface area contributed by atoms with Crippen molar-refractivity contribution < 1.29 is 47.4 Å². The van der Waals surface area contributed by atoms with Gasteiger partial charge in [-0.3, -0.25) is 0 Å². The fraction of sp³-hybridized carbons (Fsp3) is 1.00. The molecule has 0 atom stereocenters. The van der Waals surface area contributed by atoms with Gasteiger partial charge in [-0.15, -0.1) is 11.6 Å². The van der Waals surface area contributed by atoms with Crippen molar-refractivity contribution in [3.05, 3.63) is 0 Å². The Bertz CT molecular complexity index is 413. The SMILES string of the molecule is CCCCOCC1(OCCOCCOCCCl)COCCOCCOCCOCCOCCOC1. The lowest BCUT2D eigenvalue weighted by molar-refractivity contribution is -0.177. The van der Waals surface area contributed by atoms with E-state index >= 15 is 0 Å². The summed E-state index contributed by atoms with van der Waals surface area (Å²) in [4.78, 5) is 0. The molecule has 0 aromatic rings. The quantitative estimate of drug-likeness (QED) is 0.245. The summed E-state index contributed by atoms with van der Waals surface area (Å²) in [5.41, 5.74) is -0.763. The molecule has 0 aromatic carbocycles. The summed E-state index contributed by atoms with van der Waals surface area (Å²) >= 11 is 5.60. The molecule has 10 nitrogen and oxygen atoms in total. The van der Waals surface area contributed by atoms with Crippen LogP contribution in [0.2, 0.25) is 0 Å². The number of rotatable bonds is 14. The highest BCUT2D eigenvalue weighted by atomic mass is 35.5. The van der Waals surface area contributed by atoms with Gasteiger partial charge in [0.05, 0.1) is 119 Å². The number of hydrogen-bond donors (Lipinski definition) is 0. The molecule has 0 aliphatic carbocycles. The predicted molar refractivity (Wildman–Crippen MR) is 132 cm³/mol. The minimum absolute atomic E-state index is 0.312. The van der Waals surface area contributed by atoms with Crippen LogP contribution in [0, 0.1) is 0 Å². The van der Waals surface area contributed by atoms with Crippen LogP contribution in [0.5, 0.6) is 0 Å². The first-order valence-corrected chi connectivity index (χ1v) is 13.3. The first-order valence-electron chi connectivity index (χ1n) is 12.7. The Morgan fingerprint density at radius 2 is 1.03 bits per heavy atom. The first-order chi connectivity index (χ1) is 17.3. The van der Waals surface area contributed by atoms with Gasteiger partial charge in [0, 0.05) is 12.5 Å². The average molecular weight is 531 g/mol. The van der Waals surface area contributed by atoms with Crippen LogP contribution in [0.25, 0.3) is 0 Å². The van der Waals surface area contributed by atoms with Gasteiger partial charge in [0.1, 0.15) is 5.60 Å². The van der Waals surface area contributed by atoms with E-state index in [9.17, 15) is 0 Å². The van der Waals surface area contributed by atoms with E-state index in [1.165, 1.54) is 0 Å². The monoisotopic (exact) mass is 530 g/mol. The lowest BCUT2D eigenvalue weighted by atomic mass is 10.1. The molecule has 11 heteroatoms. The van der Waals surface area contributed by atoms with E-state index in [2.05, 4.69) is 6.92 Å². The Hall–Kier alpha value is -0.110. The zero-order valence-corrected chi connectivity index (χ0v) is 22.3. The Kier molecular flexibility index (Phi) is 24.0. The molecule has 210 valence electrons. The summed E-state index contributed by atoms with van der Waals surface area (Å²) < 4.78 is 57.1. The Morgan fingerprint density at radius 1 is 0.571 bits per heavy atom. The van der Waals surface area contributed by atoms with Crippen molar-refractivity contribution in [3.63, 3.8) is 0 Å². The maximum atomic E-state index is 6.25. The normalized spacial score (nSPS) is 20.1. The van der Waals surface area contributed by atoms with E-state index < -0.39 is 5.60 Å². The van der Waals surface area contributed by atoms with Gasteiger partial charge in [0.15, 0.2) is 0 Å². The Labute approximate surface area is 216 Å². The second-order valence-electron chi connectivity index (χ2n) is 7.91. The molecule has 1 rings (SSSR count). The van der Waals surface area contributed by atoms with Gasteiger partial charge in [-0.05, 0) is 6.42 Å². The molecule has 1 saturated heterocycles. The Morgan fingerprint density at radius 3 is 1.51 bits per heavy atom. The molecule has 0 spiro atoms. The van der Waals surface area contributed by atoms with E-state index in [0.717, 1.165) is 12.8 Å². The number of hydrogen-bond acceptors (Lipinski definition) is 10. The molecule has 0 unspecified atom stereocenters. The number of halogens is 1. The number of ether oxygens (including phenoxy) is 10. The van der Waals surface area contributed by atoms with Crippen molar-refractivity contribution in [3.8, 4) is 0 Å². The maximum Gasteiger partial charge on any atom is 0.138 e. The first kappa shape index (κ1) is 32.9. The summed E-state index contributed by atoms with van der Waals surface area (Å²) in [6, 6.07) is 0. The lowest BCUT2D eigenvalue weighted by Crippen LogP contribution is -2.48. The summed E-state index contributed by atoms with van der Waals surface area (Å²) in [5.74, 6) is 0.474. The second-order valence-corrected chi connectivity index (χ2v) is 8.28. The van der Waals surface area contributed by atoms with E-state index in [1.807, 2.05) is 0 Å². The average Bonchev–Trinajstić information content (AvgIpc) is 2.87. The van der Waals surface area contributed by atoms with Crippen LogP contribution in [0.15, 0.2) is 0 Å². The van der Waals surface area contributed by atoms with Crippen molar-refractivity contribution in [1.29, 1.82) is 0 Å². The van der Waals surface area contributed by atoms with Gasteiger partial charge < -0.3 is 47.4 Å². The molecule has 1 heterocycles. The van der Waals surface area contributed by atoms with Crippen LogP contribution in [-0.2, 0) is 47.4 Å². The smallest absolute Gasteiger partial charge is 0.138 e. The van der Waals surface area contributed by atoms with Crippen molar-refractivity contribution in [2.45, 2.75) is 25.4 Å². The van der Waals surface area contributed by atoms with Crippen molar-refractivity contribution >= 4 is 11.6 Å². The van der Waals surface area contributed by atoms with Crippen LogP contribution in [0.1, 0.15) is 19.8 Å². The molecule has 1 aliphatic heterocycles. The molecule has 0 radical (unpaired) electrons. The largest absolute Gasteiger partial charge is 0.378 e. The third kappa shape index (κ3) is 20.6. The summed E-state index contributed by atoms with van der Waals surface area (Å²) in [7, 11) is 0. The third-order valence-electron chi connectivity index (χ3n) is 4.83. The van der Waals surface area contributed by atoms with E-state index in [4.69, 9.17) is 59.0 Å². The van der Waals surface area contributed by atoms with Crippen molar-refractivity contribution in [2.75, 3.05) is 131 Å². The molecule has 0 N–H and O–H groups in total.